The summed E-state index contributed by atoms with van der Waals surface area (Å²) in [6, 6.07) is 25.1. The van der Waals surface area contributed by atoms with E-state index in [1.807, 2.05) is 66.7 Å². The molecule has 4 aromatic rings. The molecule has 0 aliphatic heterocycles. The molecule has 0 radical (unpaired) electrons. The van der Waals surface area contributed by atoms with Crippen LogP contribution in [-0.2, 0) is 10.5 Å². The van der Waals surface area contributed by atoms with Gasteiger partial charge in [0.1, 0.15) is 0 Å². The first-order chi connectivity index (χ1) is 14.2. The maximum atomic E-state index is 13.1. The standard InChI is InChI=1S/C24H19NO3S/c1-28-24(27)21-15-25(22-10-6-5-9-20(21)22)23(26)18-13-11-17(12-14-18)16-29-19-7-3-2-4-8-19/h2-15H,16H2,1H3. The predicted octanol–water partition coefficient (Wildman–Crippen LogP) is 5.41. The van der Waals surface area contributed by atoms with Gasteiger partial charge in [-0.1, -0.05) is 48.5 Å². The van der Waals surface area contributed by atoms with E-state index in [1.165, 1.54) is 16.6 Å². The molecule has 0 saturated carbocycles. The van der Waals surface area contributed by atoms with Crippen molar-refractivity contribution < 1.29 is 14.3 Å². The number of esters is 1. The monoisotopic (exact) mass is 401 g/mol. The van der Waals surface area contributed by atoms with Gasteiger partial charge in [-0.25, -0.2) is 4.79 Å². The first-order valence-corrected chi connectivity index (χ1v) is 10.2. The van der Waals surface area contributed by atoms with E-state index in [0.717, 1.165) is 11.3 Å². The third-order valence-electron chi connectivity index (χ3n) is 4.69. The summed E-state index contributed by atoms with van der Waals surface area (Å²) in [7, 11) is 1.34. The van der Waals surface area contributed by atoms with Crippen molar-refractivity contribution in [2.24, 2.45) is 0 Å². The van der Waals surface area contributed by atoms with Crippen LogP contribution in [0.2, 0.25) is 0 Å². The van der Waals surface area contributed by atoms with Gasteiger partial charge in [-0.3, -0.25) is 9.36 Å². The number of thioether (sulfide) groups is 1. The Morgan fingerprint density at radius 3 is 2.31 bits per heavy atom. The number of aromatic nitrogens is 1. The van der Waals surface area contributed by atoms with E-state index in [-0.39, 0.29) is 5.91 Å². The first kappa shape index (κ1) is 19.0. The Morgan fingerprint density at radius 1 is 0.897 bits per heavy atom. The molecule has 0 aliphatic rings. The topological polar surface area (TPSA) is 48.3 Å². The zero-order chi connectivity index (χ0) is 20.2. The SMILES string of the molecule is COC(=O)c1cn(C(=O)c2ccc(CSc3ccccc3)cc2)c2ccccc12. The zero-order valence-corrected chi connectivity index (χ0v) is 16.7. The van der Waals surface area contributed by atoms with Gasteiger partial charge < -0.3 is 4.74 Å². The first-order valence-electron chi connectivity index (χ1n) is 9.17. The molecule has 4 nitrogen and oxygen atoms in total. The minimum atomic E-state index is -0.457. The van der Waals surface area contributed by atoms with Gasteiger partial charge in [-0.15, -0.1) is 11.8 Å². The summed E-state index contributed by atoms with van der Waals surface area (Å²) < 4.78 is 6.37. The molecule has 0 saturated heterocycles. The van der Waals surface area contributed by atoms with Crippen LogP contribution in [0.25, 0.3) is 10.9 Å². The quantitative estimate of drug-likeness (QED) is 0.331. The van der Waals surface area contributed by atoms with Gasteiger partial charge in [0, 0.05) is 27.8 Å². The average Bonchev–Trinajstić information content (AvgIpc) is 3.17. The van der Waals surface area contributed by atoms with E-state index < -0.39 is 5.97 Å². The minimum Gasteiger partial charge on any atom is -0.465 e. The Balaban J connectivity index is 1.58. The second-order valence-corrected chi connectivity index (χ2v) is 7.57. The molecule has 3 aromatic carbocycles. The van der Waals surface area contributed by atoms with Crippen molar-refractivity contribution in [3.63, 3.8) is 0 Å². The second kappa shape index (κ2) is 8.37. The van der Waals surface area contributed by atoms with Crippen LogP contribution in [0, 0.1) is 0 Å². The normalized spacial score (nSPS) is 10.8. The van der Waals surface area contributed by atoms with Gasteiger partial charge in [0.05, 0.1) is 18.2 Å². The summed E-state index contributed by atoms with van der Waals surface area (Å²) >= 11 is 1.75. The zero-order valence-electron chi connectivity index (χ0n) is 15.9. The molecular formula is C24H19NO3S. The highest BCUT2D eigenvalue weighted by atomic mass is 32.2. The molecule has 0 atom stereocenters. The fraction of sp³-hybridized carbons (Fsp3) is 0.0833. The minimum absolute atomic E-state index is 0.182. The summed E-state index contributed by atoms with van der Waals surface area (Å²) in [5, 5.41) is 0.698. The fourth-order valence-corrected chi connectivity index (χ4v) is 4.06. The molecule has 0 aliphatic carbocycles. The van der Waals surface area contributed by atoms with Gasteiger partial charge in [-0.2, -0.15) is 0 Å². The number of hydrogen-bond donors (Lipinski definition) is 0. The molecule has 144 valence electrons. The Hall–Kier alpha value is -3.31. The number of benzene rings is 3. The van der Waals surface area contributed by atoms with E-state index in [2.05, 4.69) is 12.1 Å². The molecule has 5 heteroatoms. The van der Waals surface area contributed by atoms with Crippen LogP contribution in [0.4, 0.5) is 0 Å². The van der Waals surface area contributed by atoms with Crippen LogP contribution in [0.15, 0.2) is 90.0 Å². The lowest BCUT2D eigenvalue weighted by Gasteiger charge is -2.06. The molecule has 29 heavy (non-hydrogen) atoms. The summed E-state index contributed by atoms with van der Waals surface area (Å²) in [5.41, 5.74) is 2.77. The smallest absolute Gasteiger partial charge is 0.340 e. The average molecular weight is 401 g/mol. The number of methoxy groups -OCH3 is 1. The van der Waals surface area contributed by atoms with Gasteiger partial charge in [0.25, 0.3) is 5.91 Å². The van der Waals surface area contributed by atoms with Crippen molar-refractivity contribution in [3.05, 3.63) is 102 Å². The van der Waals surface area contributed by atoms with Crippen LogP contribution in [-0.4, -0.2) is 23.6 Å². The lowest BCUT2D eigenvalue weighted by Crippen LogP contribution is -2.11. The highest BCUT2D eigenvalue weighted by Crippen LogP contribution is 2.25. The Labute approximate surface area is 173 Å². The van der Waals surface area contributed by atoms with Gasteiger partial charge >= 0.3 is 5.97 Å². The van der Waals surface area contributed by atoms with Crippen molar-refractivity contribution in [1.29, 1.82) is 0 Å². The van der Waals surface area contributed by atoms with Crippen LogP contribution in [0.3, 0.4) is 0 Å². The molecular weight excluding hydrogens is 382 g/mol. The second-order valence-electron chi connectivity index (χ2n) is 6.53. The van der Waals surface area contributed by atoms with Crippen molar-refractivity contribution in [2.75, 3.05) is 7.11 Å². The van der Waals surface area contributed by atoms with Crippen molar-refractivity contribution in [2.45, 2.75) is 10.6 Å². The van der Waals surface area contributed by atoms with Crippen LogP contribution in [0.5, 0.6) is 0 Å². The Kier molecular flexibility index (Phi) is 5.49. The molecule has 1 heterocycles. The third kappa shape index (κ3) is 3.96. The number of carbonyl (C=O) groups is 2. The third-order valence-corrected chi connectivity index (χ3v) is 5.77. The van der Waals surface area contributed by atoms with Gasteiger partial charge in [0.2, 0.25) is 0 Å². The Bertz CT molecular complexity index is 1160. The number of para-hydroxylation sites is 1. The largest absolute Gasteiger partial charge is 0.465 e. The van der Waals surface area contributed by atoms with E-state index >= 15 is 0 Å². The number of rotatable bonds is 5. The lowest BCUT2D eigenvalue weighted by atomic mass is 10.1. The summed E-state index contributed by atoms with van der Waals surface area (Å²) in [5.74, 6) is 0.192. The molecule has 1 aromatic heterocycles. The number of nitrogens with zero attached hydrogens (tertiary/aromatic N) is 1. The van der Waals surface area contributed by atoms with Crippen LogP contribution >= 0.6 is 11.8 Å². The van der Waals surface area contributed by atoms with Crippen molar-refractivity contribution >= 4 is 34.5 Å². The lowest BCUT2D eigenvalue weighted by molar-refractivity contribution is 0.0603. The molecule has 0 bridgehead atoms. The number of hydrogen-bond acceptors (Lipinski definition) is 4. The molecule has 4 rings (SSSR count). The number of carbonyl (C=O) groups excluding carboxylic acids is 2. The van der Waals surface area contributed by atoms with Crippen LogP contribution in [0.1, 0.15) is 26.3 Å². The van der Waals surface area contributed by atoms with E-state index in [0.29, 0.717) is 22.0 Å². The highest BCUT2D eigenvalue weighted by molar-refractivity contribution is 7.98. The summed E-state index contributed by atoms with van der Waals surface area (Å²) in [6.07, 6.45) is 1.55. The van der Waals surface area contributed by atoms with Crippen LogP contribution < -0.4 is 0 Å². The molecule has 0 amide bonds. The summed E-state index contributed by atoms with van der Waals surface area (Å²) in [4.78, 5) is 26.4. The Morgan fingerprint density at radius 2 is 1.59 bits per heavy atom. The number of fused-ring (bicyclic) bond motifs is 1. The fourth-order valence-electron chi connectivity index (χ4n) is 3.19. The van der Waals surface area contributed by atoms with E-state index in [4.69, 9.17) is 4.74 Å². The molecule has 0 fully saturated rings. The van der Waals surface area contributed by atoms with E-state index in [1.54, 1.807) is 18.0 Å². The molecule has 0 unspecified atom stereocenters. The van der Waals surface area contributed by atoms with Crippen molar-refractivity contribution in [1.82, 2.24) is 4.57 Å². The number of ether oxygens (including phenoxy) is 1. The maximum Gasteiger partial charge on any atom is 0.340 e. The van der Waals surface area contributed by atoms with Gasteiger partial charge in [0.15, 0.2) is 0 Å². The van der Waals surface area contributed by atoms with Crippen molar-refractivity contribution in [3.8, 4) is 0 Å². The molecule has 0 spiro atoms. The maximum absolute atomic E-state index is 13.1. The highest BCUT2D eigenvalue weighted by Gasteiger charge is 2.19. The van der Waals surface area contributed by atoms with E-state index in [9.17, 15) is 9.59 Å². The predicted molar refractivity (Wildman–Crippen MR) is 115 cm³/mol. The molecule has 0 N–H and O–H groups in total. The van der Waals surface area contributed by atoms with Gasteiger partial charge in [-0.05, 0) is 35.9 Å². The summed E-state index contributed by atoms with van der Waals surface area (Å²) in [6.45, 7) is 0.